The van der Waals surface area contributed by atoms with Crippen molar-refractivity contribution in [2.45, 2.75) is 29.9 Å². The Kier molecular flexibility index (Phi) is 5.26. The average molecular weight is 439 g/mol. The van der Waals surface area contributed by atoms with Crippen LogP contribution in [0, 0.1) is 0 Å². The van der Waals surface area contributed by atoms with E-state index in [1.807, 2.05) is 32.3 Å². The van der Waals surface area contributed by atoms with Gasteiger partial charge >= 0.3 is 0 Å². The van der Waals surface area contributed by atoms with Gasteiger partial charge in [-0.2, -0.15) is 0 Å². The second-order valence-electron chi connectivity index (χ2n) is 8.98. The lowest BCUT2D eigenvalue weighted by molar-refractivity contribution is -0.000291. The molecule has 0 radical (unpaired) electrons. The maximum Gasteiger partial charge on any atom is 0.175 e. The van der Waals surface area contributed by atoms with E-state index in [-0.39, 0.29) is 5.41 Å². The zero-order valence-corrected chi connectivity index (χ0v) is 19.6. The van der Waals surface area contributed by atoms with Crippen molar-refractivity contribution in [1.82, 2.24) is 0 Å². The van der Waals surface area contributed by atoms with E-state index in [4.69, 9.17) is 4.74 Å². The normalized spacial score (nSPS) is 22.3. The van der Waals surface area contributed by atoms with Crippen molar-refractivity contribution >= 4 is 27.3 Å². The Bertz CT molecular complexity index is 1150. The van der Waals surface area contributed by atoms with Gasteiger partial charge in [-0.05, 0) is 41.5 Å². The Balaban J connectivity index is 1.64. The van der Waals surface area contributed by atoms with Crippen molar-refractivity contribution in [2.24, 2.45) is 0 Å². The lowest BCUT2D eigenvalue weighted by atomic mass is 9.77. The van der Waals surface area contributed by atoms with E-state index in [9.17, 15) is 8.42 Å². The minimum absolute atomic E-state index is 0.327. The Morgan fingerprint density at radius 1 is 1.06 bits per heavy atom. The van der Waals surface area contributed by atoms with Crippen LogP contribution in [0.15, 0.2) is 65.6 Å². The van der Waals surface area contributed by atoms with E-state index in [1.54, 1.807) is 12.1 Å². The number of rotatable bonds is 5. The quantitative estimate of drug-likeness (QED) is 0.653. The van der Waals surface area contributed by atoms with Crippen molar-refractivity contribution < 1.29 is 13.2 Å². The molecule has 2 aromatic carbocycles. The molecule has 0 amide bonds. The number of benzene rings is 2. The van der Waals surface area contributed by atoms with Gasteiger partial charge in [0.1, 0.15) is 0 Å². The summed E-state index contributed by atoms with van der Waals surface area (Å²) in [5.74, 6) is 0. The van der Waals surface area contributed by atoms with Crippen LogP contribution in [0.4, 0.5) is 11.4 Å². The first-order chi connectivity index (χ1) is 14.6. The number of ether oxygens (including phenoxy) is 1. The first-order valence-electron chi connectivity index (χ1n) is 10.5. The number of sulfone groups is 1. The van der Waals surface area contributed by atoms with Crippen molar-refractivity contribution in [3.63, 3.8) is 0 Å². The van der Waals surface area contributed by atoms with Crippen LogP contribution in [0.2, 0.25) is 0 Å². The first kappa shape index (κ1) is 21.7. The molecule has 1 unspecified atom stereocenters. The van der Waals surface area contributed by atoms with Gasteiger partial charge in [-0.3, -0.25) is 0 Å². The molecule has 0 N–H and O–H groups in total. The van der Waals surface area contributed by atoms with Crippen molar-refractivity contribution in [3.8, 4) is 0 Å². The topological polar surface area (TPSA) is 49.9 Å². The average Bonchev–Trinajstić information content (AvgIpc) is 3.22. The van der Waals surface area contributed by atoms with Gasteiger partial charge in [-0.1, -0.05) is 50.3 Å². The SMILES string of the molecule is CN(C)c1ccc(/C=C/C=C/C23OCCN2c2cc(S(C)(=O)=O)ccc2C3(C)C)cc1. The summed E-state index contributed by atoms with van der Waals surface area (Å²) in [7, 11) is 0.787. The largest absolute Gasteiger partial charge is 0.378 e. The molecule has 0 saturated carbocycles. The summed E-state index contributed by atoms with van der Waals surface area (Å²) in [6.45, 7) is 5.65. The van der Waals surface area contributed by atoms with Gasteiger partial charge in [0.15, 0.2) is 15.6 Å². The minimum atomic E-state index is -3.27. The number of allylic oxidation sites excluding steroid dienone is 2. The summed E-state index contributed by atoms with van der Waals surface area (Å²) in [6, 6.07) is 13.8. The predicted octanol–water partition coefficient (Wildman–Crippen LogP) is 4.25. The zero-order valence-electron chi connectivity index (χ0n) is 18.8. The number of anilines is 2. The highest BCUT2D eigenvalue weighted by molar-refractivity contribution is 7.90. The summed E-state index contributed by atoms with van der Waals surface area (Å²) in [5, 5.41) is 0. The van der Waals surface area contributed by atoms with Crippen LogP contribution in [0.3, 0.4) is 0 Å². The fourth-order valence-corrected chi connectivity index (χ4v) is 5.26. The van der Waals surface area contributed by atoms with Crippen LogP contribution >= 0.6 is 0 Å². The number of hydrogen-bond acceptors (Lipinski definition) is 5. The lowest BCUT2D eigenvalue weighted by Gasteiger charge is -2.39. The highest BCUT2D eigenvalue weighted by atomic mass is 32.2. The highest BCUT2D eigenvalue weighted by Crippen LogP contribution is 2.55. The lowest BCUT2D eigenvalue weighted by Crippen LogP contribution is -2.51. The van der Waals surface area contributed by atoms with Crippen LogP contribution in [0.25, 0.3) is 6.08 Å². The minimum Gasteiger partial charge on any atom is -0.378 e. The van der Waals surface area contributed by atoms with Crippen LogP contribution < -0.4 is 9.80 Å². The zero-order chi connectivity index (χ0) is 22.4. The third-order valence-corrected chi connectivity index (χ3v) is 7.54. The highest BCUT2D eigenvalue weighted by Gasteiger charge is 2.59. The third kappa shape index (κ3) is 3.58. The molecular weight excluding hydrogens is 408 g/mol. The molecule has 2 aromatic rings. The smallest absolute Gasteiger partial charge is 0.175 e. The van der Waals surface area contributed by atoms with Crippen LogP contribution in [-0.4, -0.2) is 47.6 Å². The molecule has 0 spiro atoms. The van der Waals surface area contributed by atoms with E-state index in [0.29, 0.717) is 11.5 Å². The molecule has 1 fully saturated rings. The molecule has 0 aromatic heterocycles. The molecule has 31 heavy (non-hydrogen) atoms. The summed E-state index contributed by atoms with van der Waals surface area (Å²) in [5.41, 5.74) is 3.38. The number of hydrogen-bond donors (Lipinski definition) is 0. The van der Waals surface area contributed by atoms with Crippen molar-refractivity contribution in [3.05, 3.63) is 71.8 Å². The number of nitrogens with zero attached hydrogens (tertiary/aromatic N) is 2. The maximum absolute atomic E-state index is 12.1. The van der Waals surface area contributed by atoms with Crippen molar-refractivity contribution in [1.29, 1.82) is 0 Å². The summed E-state index contributed by atoms with van der Waals surface area (Å²) >= 11 is 0. The van der Waals surface area contributed by atoms with Gasteiger partial charge in [0.25, 0.3) is 0 Å². The fourth-order valence-electron chi connectivity index (χ4n) is 4.62. The Morgan fingerprint density at radius 2 is 1.77 bits per heavy atom. The molecule has 2 aliphatic rings. The molecular formula is C25H30N2O3S. The van der Waals surface area contributed by atoms with Gasteiger partial charge in [-0.25, -0.2) is 8.42 Å². The molecule has 2 aliphatic heterocycles. The second-order valence-corrected chi connectivity index (χ2v) is 11.0. The van der Waals surface area contributed by atoms with Crippen LogP contribution in [-0.2, 0) is 20.0 Å². The Morgan fingerprint density at radius 3 is 2.42 bits per heavy atom. The molecule has 1 saturated heterocycles. The third-order valence-electron chi connectivity index (χ3n) is 6.43. The Hall–Kier alpha value is -2.57. The molecule has 0 aliphatic carbocycles. The summed E-state index contributed by atoms with van der Waals surface area (Å²) in [6.07, 6.45) is 9.48. The molecule has 5 nitrogen and oxygen atoms in total. The van der Waals surface area contributed by atoms with Gasteiger partial charge in [0, 0.05) is 43.7 Å². The summed E-state index contributed by atoms with van der Waals surface area (Å²) < 4.78 is 30.5. The van der Waals surface area contributed by atoms with Crippen LogP contribution in [0.1, 0.15) is 25.0 Å². The molecule has 1 atom stereocenters. The van der Waals surface area contributed by atoms with E-state index in [2.05, 4.69) is 60.1 Å². The van der Waals surface area contributed by atoms with Crippen molar-refractivity contribution in [2.75, 3.05) is 43.3 Å². The fraction of sp³-hybridized carbons (Fsp3) is 0.360. The van der Waals surface area contributed by atoms with Gasteiger partial charge in [-0.15, -0.1) is 0 Å². The van der Waals surface area contributed by atoms with Gasteiger partial charge < -0.3 is 14.5 Å². The maximum atomic E-state index is 12.1. The Labute approximate surface area is 185 Å². The monoisotopic (exact) mass is 438 g/mol. The first-order valence-corrected chi connectivity index (χ1v) is 12.3. The predicted molar refractivity (Wildman–Crippen MR) is 128 cm³/mol. The van der Waals surface area contributed by atoms with E-state index in [0.717, 1.165) is 23.4 Å². The number of fused-ring (bicyclic) bond motifs is 3. The van der Waals surface area contributed by atoms with Crippen LogP contribution in [0.5, 0.6) is 0 Å². The molecule has 164 valence electrons. The molecule has 2 heterocycles. The van der Waals surface area contributed by atoms with E-state index in [1.165, 1.54) is 11.9 Å². The standard InChI is InChI=1S/C25H30N2O3S/c1-24(2)22-14-13-21(31(5,28)29)18-23(22)27-16-17-30-25(24,27)15-7-6-8-19-9-11-20(12-10-19)26(3)4/h6-15,18H,16-17H2,1-5H3/b8-6+,15-7+. The second kappa shape index (κ2) is 7.53. The molecule has 4 rings (SSSR count). The van der Waals surface area contributed by atoms with Gasteiger partial charge in [0.05, 0.1) is 11.5 Å². The van der Waals surface area contributed by atoms with E-state index < -0.39 is 15.6 Å². The summed E-state index contributed by atoms with van der Waals surface area (Å²) in [4.78, 5) is 4.62. The van der Waals surface area contributed by atoms with E-state index >= 15 is 0 Å². The van der Waals surface area contributed by atoms with Gasteiger partial charge in [0.2, 0.25) is 0 Å². The molecule has 6 heteroatoms. The molecule has 0 bridgehead atoms.